The molecule has 3 aromatic rings. The lowest BCUT2D eigenvalue weighted by Gasteiger charge is -2.15. The van der Waals surface area contributed by atoms with E-state index in [2.05, 4.69) is 17.4 Å². The highest BCUT2D eigenvalue weighted by Gasteiger charge is 2.21. The van der Waals surface area contributed by atoms with E-state index in [-0.39, 0.29) is 18.1 Å². The SMILES string of the molecule is O=C(NCC(O)c1ccc([N+](=O)[O-])cc1)c1cc2c(s1)-c1ccccc1CC2. The van der Waals surface area contributed by atoms with Crippen molar-refractivity contribution in [2.45, 2.75) is 18.9 Å². The number of aliphatic hydroxyl groups excluding tert-OH is 1. The van der Waals surface area contributed by atoms with E-state index in [1.54, 1.807) is 0 Å². The molecule has 0 radical (unpaired) electrons. The number of aliphatic hydroxyl groups is 1. The van der Waals surface area contributed by atoms with Crippen molar-refractivity contribution >= 4 is 22.9 Å². The molecule has 2 aromatic carbocycles. The molecule has 0 aliphatic heterocycles. The Morgan fingerprint density at radius 3 is 2.61 bits per heavy atom. The van der Waals surface area contributed by atoms with Crippen molar-refractivity contribution in [2.24, 2.45) is 0 Å². The van der Waals surface area contributed by atoms with Crippen molar-refractivity contribution in [3.8, 4) is 10.4 Å². The number of non-ortho nitro benzene ring substituents is 1. The van der Waals surface area contributed by atoms with Crippen LogP contribution in [-0.2, 0) is 12.8 Å². The average Bonchev–Trinajstić information content (AvgIpc) is 3.17. The van der Waals surface area contributed by atoms with Crippen LogP contribution in [-0.4, -0.2) is 22.5 Å². The first-order valence-electron chi connectivity index (χ1n) is 8.94. The van der Waals surface area contributed by atoms with Gasteiger partial charge in [-0.3, -0.25) is 14.9 Å². The molecule has 1 unspecified atom stereocenters. The summed E-state index contributed by atoms with van der Waals surface area (Å²) in [7, 11) is 0. The lowest BCUT2D eigenvalue weighted by Crippen LogP contribution is -2.27. The number of carbonyl (C=O) groups is 1. The maximum atomic E-state index is 12.6. The third kappa shape index (κ3) is 3.54. The Morgan fingerprint density at radius 1 is 1.14 bits per heavy atom. The third-order valence-corrected chi connectivity index (χ3v) is 6.11. The van der Waals surface area contributed by atoms with Crippen molar-refractivity contribution < 1.29 is 14.8 Å². The lowest BCUT2D eigenvalue weighted by atomic mass is 9.91. The highest BCUT2D eigenvalue weighted by atomic mass is 32.1. The van der Waals surface area contributed by atoms with Crippen molar-refractivity contribution in [3.05, 3.63) is 86.3 Å². The van der Waals surface area contributed by atoms with Gasteiger partial charge in [-0.25, -0.2) is 0 Å². The summed E-state index contributed by atoms with van der Waals surface area (Å²) in [5, 5.41) is 23.7. The van der Waals surface area contributed by atoms with E-state index in [0.29, 0.717) is 10.4 Å². The van der Waals surface area contributed by atoms with Gasteiger partial charge in [-0.1, -0.05) is 24.3 Å². The number of nitrogens with zero attached hydrogens (tertiary/aromatic N) is 1. The van der Waals surface area contributed by atoms with Crippen molar-refractivity contribution in [1.82, 2.24) is 5.32 Å². The fourth-order valence-corrected chi connectivity index (χ4v) is 4.58. The van der Waals surface area contributed by atoms with Crippen molar-refractivity contribution in [3.63, 3.8) is 0 Å². The van der Waals surface area contributed by atoms with Gasteiger partial charge in [-0.05, 0) is 53.3 Å². The molecule has 1 atom stereocenters. The molecule has 0 saturated carbocycles. The summed E-state index contributed by atoms with van der Waals surface area (Å²) < 4.78 is 0. The molecule has 0 bridgehead atoms. The predicted molar refractivity (Wildman–Crippen MR) is 108 cm³/mol. The van der Waals surface area contributed by atoms with E-state index >= 15 is 0 Å². The summed E-state index contributed by atoms with van der Waals surface area (Å²) in [6.07, 6.45) is 0.960. The zero-order valence-corrected chi connectivity index (χ0v) is 15.7. The van der Waals surface area contributed by atoms with Gasteiger partial charge >= 0.3 is 0 Å². The van der Waals surface area contributed by atoms with Crippen LogP contribution in [0.4, 0.5) is 5.69 Å². The van der Waals surface area contributed by atoms with Gasteiger partial charge in [0.25, 0.3) is 11.6 Å². The number of nitro groups is 1. The van der Waals surface area contributed by atoms with Crippen LogP contribution in [0.15, 0.2) is 54.6 Å². The Bertz CT molecular complexity index is 1040. The van der Waals surface area contributed by atoms with Gasteiger partial charge < -0.3 is 10.4 Å². The first kappa shape index (κ1) is 18.3. The zero-order chi connectivity index (χ0) is 19.7. The number of hydrogen-bond acceptors (Lipinski definition) is 5. The molecule has 1 aromatic heterocycles. The molecular weight excluding hydrogens is 376 g/mol. The molecular formula is C21H18N2O4S. The van der Waals surface area contributed by atoms with Gasteiger partial charge in [-0.2, -0.15) is 0 Å². The minimum Gasteiger partial charge on any atom is -0.387 e. The zero-order valence-electron chi connectivity index (χ0n) is 14.9. The van der Waals surface area contributed by atoms with Crippen LogP contribution in [0.2, 0.25) is 0 Å². The summed E-state index contributed by atoms with van der Waals surface area (Å²) >= 11 is 1.47. The monoisotopic (exact) mass is 394 g/mol. The number of carbonyl (C=O) groups excluding carboxylic acids is 1. The molecule has 1 amide bonds. The standard InChI is InChI=1S/C21H18N2O4S/c24-18(14-7-9-16(10-8-14)23(26)27)12-22-21(25)19-11-15-6-5-13-3-1-2-4-17(13)20(15)28-19/h1-4,7-11,18,24H,5-6,12H2,(H,22,25). The average molecular weight is 394 g/mol. The maximum absolute atomic E-state index is 12.6. The van der Waals surface area contributed by atoms with Crippen LogP contribution in [0.25, 0.3) is 10.4 Å². The smallest absolute Gasteiger partial charge is 0.269 e. The van der Waals surface area contributed by atoms with E-state index in [1.807, 2.05) is 18.2 Å². The molecule has 28 heavy (non-hydrogen) atoms. The second kappa shape index (κ2) is 7.53. The number of amides is 1. The van der Waals surface area contributed by atoms with Gasteiger partial charge in [0, 0.05) is 23.6 Å². The van der Waals surface area contributed by atoms with E-state index < -0.39 is 11.0 Å². The number of benzene rings is 2. The van der Waals surface area contributed by atoms with E-state index in [9.17, 15) is 20.0 Å². The first-order chi connectivity index (χ1) is 13.5. The van der Waals surface area contributed by atoms with Crippen LogP contribution >= 0.6 is 11.3 Å². The lowest BCUT2D eigenvalue weighted by molar-refractivity contribution is -0.384. The topological polar surface area (TPSA) is 92.5 Å². The van der Waals surface area contributed by atoms with Crippen LogP contribution in [0.1, 0.15) is 32.5 Å². The molecule has 1 heterocycles. The quantitative estimate of drug-likeness (QED) is 0.507. The van der Waals surface area contributed by atoms with Gasteiger partial charge in [0.05, 0.1) is 15.9 Å². The van der Waals surface area contributed by atoms with E-state index in [0.717, 1.165) is 17.7 Å². The number of hydrogen-bond donors (Lipinski definition) is 2. The largest absolute Gasteiger partial charge is 0.387 e. The fraction of sp³-hybridized carbons (Fsp3) is 0.190. The molecule has 1 aliphatic carbocycles. The minimum absolute atomic E-state index is 0.0375. The number of fused-ring (bicyclic) bond motifs is 3. The number of aryl methyl sites for hydroxylation is 2. The van der Waals surface area contributed by atoms with Gasteiger partial charge in [0.1, 0.15) is 0 Å². The summed E-state index contributed by atoms with van der Waals surface area (Å²) in [6, 6.07) is 15.9. The molecule has 7 heteroatoms. The Hall–Kier alpha value is -3.03. The molecule has 142 valence electrons. The van der Waals surface area contributed by atoms with Gasteiger partial charge in [0.2, 0.25) is 0 Å². The molecule has 6 nitrogen and oxygen atoms in total. The molecule has 2 N–H and O–H groups in total. The van der Waals surface area contributed by atoms with E-state index in [4.69, 9.17) is 0 Å². The van der Waals surface area contributed by atoms with Crippen molar-refractivity contribution in [1.29, 1.82) is 0 Å². The van der Waals surface area contributed by atoms with Crippen LogP contribution < -0.4 is 5.32 Å². The highest BCUT2D eigenvalue weighted by Crippen LogP contribution is 2.39. The van der Waals surface area contributed by atoms with Crippen LogP contribution in [0.5, 0.6) is 0 Å². The molecule has 4 rings (SSSR count). The third-order valence-electron chi connectivity index (χ3n) is 4.90. The highest BCUT2D eigenvalue weighted by molar-refractivity contribution is 7.17. The minimum atomic E-state index is -0.930. The number of rotatable bonds is 5. The Morgan fingerprint density at radius 2 is 1.86 bits per heavy atom. The summed E-state index contributed by atoms with van der Waals surface area (Å²) in [4.78, 5) is 24.5. The molecule has 0 saturated heterocycles. The normalized spacial score (nSPS) is 13.3. The second-order valence-corrected chi connectivity index (χ2v) is 7.75. The number of thiophene rings is 1. The second-order valence-electron chi connectivity index (χ2n) is 6.70. The maximum Gasteiger partial charge on any atom is 0.269 e. The summed E-state index contributed by atoms with van der Waals surface area (Å²) in [5.41, 5.74) is 4.16. The van der Waals surface area contributed by atoms with Crippen molar-refractivity contribution in [2.75, 3.05) is 6.54 Å². The molecule has 0 fully saturated rings. The fourth-order valence-electron chi connectivity index (χ4n) is 3.40. The first-order valence-corrected chi connectivity index (χ1v) is 9.76. The van der Waals surface area contributed by atoms with Gasteiger partial charge in [-0.15, -0.1) is 11.3 Å². The van der Waals surface area contributed by atoms with Gasteiger partial charge in [0.15, 0.2) is 0 Å². The predicted octanol–water partition coefficient (Wildman–Crippen LogP) is 3.89. The number of nitro benzene ring substituents is 1. The van der Waals surface area contributed by atoms with Crippen LogP contribution in [0, 0.1) is 10.1 Å². The number of nitrogens with one attached hydrogen (secondary N) is 1. The summed E-state index contributed by atoms with van der Waals surface area (Å²) in [6.45, 7) is 0.0375. The molecule has 1 aliphatic rings. The summed E-state index contributed by atoms with van der Waals surface area (Å²) in [5.74, 6) is -0.224. The Kier molecular flexibility index (Phi) is 4.93. The van der Waals surface area contributed by atoms with Crippen LogP contribution in [0.3, 0.4) is 0 Å². The Labute approximate surface area is 165 Å². The Balaban J connectivity index is 1.44. The molecule has 0 spiro atoms. The van der Waals surface area contributed by atoms with E-state index in [1.165, 1.54) is 52.3 Å².